The monoisotopic (exact) mass is 365 g/mol. The second-order valence-electron chi connectivity index (χ2n) is 4.69. The number of anilines is 1. The molecule has 3 atom stereocenters. The molecular weight excluding hydrogens is 355 g/mol. The van der Waals surface area contributed by atoms with Crippen molar-refractivity contribution in [1.82, 2.24) is 5.32 Å². The van der Waals surface area contributed by atoms with E-state index in [1.54, 1.807) is 17.0 Å². The number of nitrogens with zero attached hydrogens (tertiary/aromatic N) is 1. The van der Waals surface area contributed by atoms with Gasteiger partial charge in [0.25, 0.3) is 0 Å². The zero-order valence-corrected chi connectivity index (χ0v) is 12.9. The first-order chi connectivity index (χ1) is 8.87. The molecule has 19 heavy (non-hydrogen) atoms. The molecule has 2 N–H and O–H groups in total. The lowest BCUT2D eigenvalue weighted by Gasteiger charge is -2.22. The van der Waals surface area contributed by atoms with Crippen LogP contribution < -0.4 is 10.2 Å². The Kier molecular flexibility index (Phi) is 3.16. The van der Waals surface area contributed by atoms with Gasteiger partial charge < -0.3 is 10.2 Å². The van der Waals surface area contributed by atoms with Gasteiger partial charge in [0.1, 0.15) is 17.9 Å². The fourth-order valence-electron chi connectivity index (χ4n) is 2.58. The molecule has 3 rings (SSSR count). The maximum atomic E-state index is 14.0. The van der Waals surface area contributed by atoms with Gasteiger partial charge in [-0.2, -0.15) is 4.55 Å². The van der Waals surface area contributed by atoms with Crippen LogP contribution in [0.25, 0.3) is 0 Å². The molecular formula is C11H11BrFN2O2S2+. The average Bonchev–Trinajstić information content (AvgIpc) is 2.70. The highest BCUT2D eigenvalue weighted by atomic mass is 79.9. The summed E-state index contributed by atoms with van der Waals surface area (Å²) in [7, 11) is -2.84. The lowest BCUT2D eigenvalue weighted by atomic mass is 10.1. The van der Waals surface area contributed by atoms with Crippen LogP contribution in [0.4, 0.5) is 10.1 Å². The van der Waals surface area contributed by atoms with E-state index in [-0.39, 0.29) is 23.6 Å². The van der Waals surface area contributed by atoms with Crippen molar-refractivity contribution in [2.24, 2.45) is 0 Å². The predicted octanol–water partition coefficient (Wildman–Crippen LogP) is 2.01. The Labute approximate surface area is 124 Å². The third kappa shape index (κ3) is 2.31. The highest BCUT2D eigenvalue weighted by Gasteiger charge is 2.54. The van der Waals surface area contributed by atoms with E-state index in [9.17, 15) is 13.2 Å². The summed E-state index contributed by atoms with van der Waals surface area (Å²) in [6.07, 6.45) is 0. The normalized spacial score (nSPS) is 33.4. The molecule has 2 aliphatic rings. The Morgan fingerprint density at radius 3 is 2.95 bits per heavy atom. The van der Waals surface area contributed by atoms with Gasteiger partial charge >= 0.3 is 0 Å². The van der Waals surface area contributed by atoms with Crippen LogP contribution >= 0.6 is 28.1 Å². The summed E-state index contributed by atoms with van der Waals surface area (Å²) in [5.41, 5.74) is 0.338. The van der Waals surface area contributed by atoms with Crippen molar-refractivity contribution in [1.29, 1.82) is 0 Å². The van der Waals surface area contributed by atoms with Gasteiger partial charge in [0, 0.05) is 4.47 Å². The highest BCUT2D eigenvalue weighted by molar-refractivity contribution is 9.10. The SMILES string of the molecule is O=[S+]1(O)C[C@@H]2NC(=S)N(c3ccc(Br)cc3F)[C@@H]2C1. The van der Waals surface area contributed by atoms with Gasteiger partial charge in [-0.25, -0.2) is 4.39 Å². The van der Waals surface area contributed by atoms with E-state index in [0.29, 0.717) is 15.3 Å². The van der Waals surface area contributed by atoms with Gasteiger partial charge in [-0.3, -0.25) is 0 Å². The van der Waals surface area contributed by atoms with Gasteiger partial charge in [0.15, 0.2) is 16.6 Å². The smallest absolute Gasteiger partial charge is 0.218 e. The Morgan fingerprint density at radius 2 is 2.26 bits per heavy atom. The number of benzene rings is 1. The third-order valence-corrected chi connectivity index (χ3v) is 5.91. The molecule has 0 spiro atoms. The lowest BCUT2D eigenvalue weighted by molar-refractivity contribution is 0.502. The zero-order chi connectivity index (χ0) is 13.8. The number of hydrogen-bond acceptors (Lipinski definition) is 2. The molecule has 1 aromatic carbocycles. The molecule has 0 aromatic heterocycles. The van der Waals surface area contributed by atoms with E-state index in [1.807, 2.05) is 0 Å². The third-order valence-electron chi connectivity index (χ3n) is 3.36. The molecule has 8 heteroatoms. The molecule has 2 fully saturated rings. The first kappa shape index (κ1) is 13.4. The minimum Gasteiger partial charge on any atom is -0.352 e. The Morgan fingerprint density at radius 1 is 1.53 bits per heavy atom. The van der Waals surface area contributed by atoms with E-state index >= 15 is 0 Å². The van der Waals surface area contributed by atoms with Crippen LogP contribution in [0.15, 0.2) is 22.7 Å². The second-order valence-corrected chi connectivity index (χ2v) is 8.21. The Hall–Kier alpha value is -0.570. The van der Waals surface area contributed by atoms with E-state index < -0.39 is 16.0 Å². The summed E-state index contributed by atoms with van der Waals surface area (Å²) in [5, 5.41) is 3.41. The first-order valence-corrected chi connectivity index (χ1v) is 8.70. The molecule has 1 aromatic rings. The highest BCUT2D eigenvalue weighted by Crippen LogP contribution is 2.33. The largest absolute Gasteiger partial charge is 0.352 e. The van der Waals surface area contributed by atoms with Crippen molar-refractivity contribution in [2.75, 3.05) is 16.4 Å². The molecule has 1 unspecified atom stereocenters. The molecule has 0 aliphatic carbocycles. The number of fused-ring (bicyclic) bond motifs is 1. The quantitative estimate of drug-likeness (QED) is 0.588. The molecule has 102 valence electrons. The molecule has 4 nitrogen and oxygen atoms in total. The fourth-order valence-corrected chi connectivity index (χ4v) is 5.21. The average molecular weight is 366 g/mol. The second kappa shape index (κ2) is 4.47. The van der Waals surface area contributed by atoms with Crippen LogP contribution in [0, 0.1) is 5.82 Å². The van der Waals surface area contributed by atoms with Crippen LogP contribution in [0.5, 0.6) is 0 Å². The molecule has 0 saturated carbocycles. The van der Waals surface area contributed by atoms with Crippen LogP contribution in [0.3, 0.4) is 0 Å². The number of thiocarbonyl (C=S) groups is 1. The van der Waals surface area contributed by atoms with Crippen molar-refractivity contribution in [3.8, 4) is 0 Å². The topological polar surface area (TPSA) is 52.6 Å². The summed E-state index contributed by atoms with van der Waals surface area (Å²) in [6.45, 7) is 0. The predicted molar refractivity (Wildman–Crippen MR) is 80.3 cm³/mol. The van der Waals surface area contributed by atoms with Crippen molar-refractivity contribution >= 4 is 49.2 Å². The van der Waals surface area contributed by atoms with Gasteiger partial charge in [0.05, 0.1) is 5.69 Å². The van der Waals surface area contributed by atoms with E-state index in [0.717, 1.165) is 0 Å². The lowest BCUT2D eigenvalue weighted by Crippen LogP contribution is -2.38. The van der Waals surface area contributed by atoms with Crippen molar-refractivity contribution in [3.05, 3.63) is 28.5 Å². The number of nitrogens with one attached hydrogen (secondary N) is 1. The van der Waals surface area contributed by atoms with Gasteiger partial charge in [-0.15, -0.1) is 0 Å². The van der Waals surface area contributed by atoms with Crippen LogP contribution in [-0.2, 0) is 14.4 Å². The first-order valence-electron chi connectivity index (χ1n) is 5.64. The zero-order valence-electron chi connectivity index (χ0n) is 9.68. The maximum Gasteiger partial charge on any atom is 0.218 e. The minimum absolute atomic E-state index is 0.111. The van der Waals surface area contributed by atoms with Crippen molar-refractivity contribution < 1.29 is 13.2 Å². The van der Waals surface area contributed by atoms with Crippen LogP contribution in [0.2, 0.25) is 0 Å². The summed E-state index contributed by atoms with van der Waals surface area (Å²) < 4.78 is 36.1. The van der Waals surface area contributed by atoms with E-state index in [2.05, 4.69) is 21.2 Å². The molecule has 0 amide bonds. The van der Waals surface area contributed by atoms with Crippen LogP contribution in [0.1, 0.15) is 0 Å². The fraction of sp³-hybridized carbons (Fsp3) is 0.364. The molecule has 2 heterocycles. The summed E-state index contributed by atoms with van der Waals surface area (Å²) in [6, 6.07) is 4.25. The van der Waals surface area contributed by atoms with Gasteiger partial charge in [-0.05, 0) is 30.4 Å². The van der Waals surface area contributed by atoms with Crippen molar-refractivity contribution in [2.45, 2.75) is 12.1 Å². The van der Waals surface area contributed by atoms with Crippen LogP contribution in [-0.4, -0.2) is 33.3 Å². The van der Waals surface area contributed by atoms with Gasteiger partial charge in [-0.1, -0.05) is 20.1 Å². The summed E-state index contributed by atoms with van der Waals surface area (Å²) >= 11 is 8.41. The van der Waals surface area contributed by atoms with E-state index in [1.165, 1.54) is 6.07 Å². The standard InChI is InChI=1S/C11H10BrFN2O2S2/c12-6-1-2-9(7(13)3-6)15-10-5-19(16,17)4-8(10)14-11(15)18/h1-3,8,10H,4-5H2,(H-,14,16,17,18)/p+1/t8-,10+/m0/s1. The summed E-state index contributed by atoms with van der Waals surface area (Å²) in [5.74, 6) is -0.136. The molecule has 2 saturated heterocycles. The Balaban J connectivity index is 2.00. The summed E-state index contributed by atoms with van der Waals surface area (Å²) in [4.78, 5) is 1.62. The maximum absolute atomic E-state index is 14.0. The number of halogens is 2. The van der Waals surface area contributed by atoms with E-state index in [4.69, 9.17) is 12.2 Å². The molecule has 0 radical (unpaired) electrons. The Bertz CT molecular complexity index is 612. The number of rotatable bonds is 1. The minimum atomic E-state index is -2.84. The van der Waals surface area contributed by atoms with Gasteiger partial charge in [0.2, 0.25) is 10.2 Å². The molecule has 0 bridgehead atoms. The number of hydrogen-bond donors (Lipinski definition) is 2. The van der Waals surface area contributed by atoms with Crippen molar-refractivity contribution in [3.63, 3.8) is 0 Å². The molecule has 2 aliphatic heterocycles.